The first kappa shape index (κ1) is 16.6. The van der Waals surface area contributed by atoms with E-state index in [-0.39, 0.29) is 0 Å². The molecule has 2 aliphatic rings. The molecular weight excluding hydrogens is 266 g/mol. The van der Waals surface area contributed by atoms with Crippen molar-refractivity contribution in [2.24, 2.45) is 11.8 Å². The van der Waals surface area contributed by atoms with Crippen molar-refractivity contribution in [2.45, 2.75) is 69.6 Å². The first-order valence-electron chi connectivity index (χ1n) is 8.63. The summed E-state index contributed by atoms with van der Waals surface area (Å²) in [6, 6.07) is 0.696. The van der Waals surface area contributed by atoms with Gasteiger partial charge in [0, 0.05) is 17.8 Å². The fourth-order valence-corrected chi connectivity index (χ4v) is 5.52. The van der Waals surface area contributed by atoms with Crippen LogP contribution in [0.2, 0.25) is 0 Å². The Morgan fingerprint density at radius 2 is 1.85 bits per heavy atom. The maximum absolute atomic E-state index is 9.11. The first-order chi connectivity index (χ1) is 9.70. The largest absolute Gasteiger partial charge is 0.395 e. The number of thioether (sulfide) groups is 1. The summed E-state index contributed by atoms with van der Waals surface area (Å²) in [6.45, 7) is 3.57. The number of aliphatic hydroxyl groups is 1. The molecule has 0 aromatic carbocycles. The molecule has 1 N–H and O–H groups in total. The Morgan fingerprint density at radius 3 is 2.55 bits per heavy atom. The van der Waals surface area contributed by atoms with Crippen LogP contribution in [0.3, 0.4) is 0 Å². The van der Waals surface area contributed by atoms with E-state index in [1.807, 2.05) is 0 Å². The van der Waals surface area contributed by atoms with Gasteiger partial charge >= 0.3 is 0 Å². The molecule has 2 rings (SSSR count). The lowest BCUT2D eigenvalue weighted by Crippen LogP contribution is -2.41. The highest BCUT2D eigenvalue weighted by molar-refractivity contribution is 7.99. The van der Waals surface area contributed by atoms with E-state index < -0.39 is 0 Å². The fraction of sp³-hybridized carbons (Fsp3) is 1.00. The van der Waals surface area contributed by atoms with E-state index in [9.17, 15) is 0 Å². The molecule has 0 aromatic heterocycles. The number of rotatable bonds is 6. The standard InChI is InChI=1S/C17H33NOS/c1-14-8-9-16(18(2)10-11-19)12-17(14)20-13-15-6-4-3-5-7-15/h14-17,19H,3-13H2,1-2H3. The molecule has 2 saturated carbocycles. The Balaban J connectivity index is 1.76. The average Bonchev–Trinajstić information content (AvgIpc) is 2.47. The second kappa shape index (κ2) is 8.65. The van der Waals surface area contributed by atoms with Crippen molar-refractivity contribution in [3.63, 3.8) is 0 Å². The smallest absolute Gasteiger partial charge is 0.0558 e. The van der Waals surface area contributed by atoms with Crippen LogP contribution in [0.25, 0.3) is 0 Å². The molecule has 3 heteroatoms. The minimum absolute atomic E-state index is 0.294. The van der Waals surface area contributed by atoms with Gasteiger partial charge in [0.05, 0.1) is 6.61 Å². The third kappa shape index (κ3) is 4.92. The van der Waals surface area contributed by atoms with Gasteiger partial charge < -0.3 is 10.0 Å². The van der Waals surface area contributed by atoms with Crippen LogP contribution in [0, 0.1) is 11.8 Å². The predicted octanol–water partition coefficient (Wildman–Crippen LogP) is 3.78. The quantitative estimate of drug-likeness (QED) is 0.807. The molecule has 0 saturated heterocycles. The molecule has 0 amide bonds. The maximum Gasteiger partial charge on any atom is 0.0558 e. The topological polar surface area (TPSA) is 23.5 Å². The Kier molecular flexibility index (Phi) is 7.20. The van der Waals surface area contributed by atoms with Gasteiger partial charge in [-0.1, -0.05) is 26.2 Å². The number of hydrogen-bond acceptors (Lipinski definition) is 3. The molecule has 2 fully saturated rings. The van der Waals surface area contributed by atoms with Gasteiger partial charge in [-0.05, 0) is 56.7 Å². The van der Waals surface area contributed by atoms with Crippen LogP contribution in [0.1, 0.15) is 58.3 Å². The maximum atomic E-state index is 9.11. The van der Waals surface area contributed by atoms with Crippen LogP contribution in [0.5, 0.6) is 0 Å². The summed E-state index contributed by atoms with van der Waals surface area (Å²) in [5.41, 5.74) is 0. The van der Waals surface area contributed by atoms with Crippen molar-refractivity contribution in [1.82, 2.24) is 4.90 Å². The normalized spacial score (nSPS) is 32.7. The predicted molar refractivity (Wildman–Crippen MR) is 89.3 cm³/mol. The SMILES string of the molecule is CC1CCC(N(C)CCO)CC1SCC1CCCCC1. The van der Waals surface area contributed by atoms with Crippen molar-refractivity contribution in [2.75, 3.05) is 26.0 Å². The van der Waals surface area contributed by atoms with E-state index in [0.717, 1.165) is 23.6 Å². The summed E-state index contributed by atoms with van der Waals surface area (Å²) >= 11 is 2.26. The lowest BCUT2D eigenvalue weighted by molar-refractivity contribution is 0.142. The second-order valence-corrected chi connectivity index (χ2v) is 8.30. The number of nitrogens with zero attached hydrogens (tertiary/aromatic N) is 1. The second-order valence-electron chi connectivity index (χ2n) is 7.02. The molecule has 0 spiro atoms. The molecule has 0 radical (unpaired) electrons. The summed E-state index contributed by atoms with van der Waals surface area (Å²) < 4.78 is 0. The molecule has 20 heavy (non-hydrogen) atoms. The van der Waals surface area contributed by atoms with E-state index >= 15 is 0 Å². The third-order valence-electron chi connectivity index (χ3n) is 5.44. The van der Waals surface area contributed by atoms with Gasteiger partial charge in [0.2, 0.25) is 0 Å². The molecular formula is C17H33NOS. The summed E-state index contributed by atoms with van der Waals surface area (Å²) in [5, 5.41) is 9.96. The zero-order valence-electron chi connectivity index (χ0n) is 13.4. The summed E-state index contributed by atoms with van der Waals surface area (Å²) in [7, 11) is 2.18. The third-order valence-corrected chi connectivity index (χ3v) is 7.19. The number of aliphatic hydroxyl groups excluding tert-OH is 1. The highest BCUT2D eigenvalue weighted by Crippen LogP contribution is 2.37. The Morgan fingerprint density at radius 1 is 1.10 bits per heavy atom. The van der Waals surface area contributed by atoms with Crippen LogP contribution in [-0.2, 0) is 0 Å². The minimum Gasteiger partial charge on any atom is -0.395 e. The van der Waals surface area contributed by atoms with Crippen LogP contribution < -0.4 is 0 Å². The molecule has 2 nitrogen and oxygen atoms in total. The van der Waals surface area contributed by atoms with Crippen LogP contribution in [-0.4, -0.2) is 47.3 Å². The molecule has 0 bridgehead atoms. The van der Waals surface area contributed by atoms with Crippen molar-refractivity contribution in [3.05, 3.63) is 0 Å². The monoisotopic (exact) mass is 299 g/mol. The van der Waals surface area contributed by atoms with Crippen molar-refractivity contribution < 1.29 is 5.11 Å². The van der Waals surface area contributed by atoms with E-state index in [1.165, 1.54) is 57.1 Å². The summed E-state index contributed by atoms with van der Waals surface area (Å²) in [6.07, 6.45) is 11.4. The lowest BCUT2D eigenvalue weighted by Gasteiger charge is -2.39. The summed E-state index contributed by atoms with van der Waals surface area (Å²) in [4.78, 5) is 2.38. The summed E-state index contributed by atoms with van der Waals surface area (Å²) in [5.74, 6) is 3.27. The van der Waals surface area contributed by atoms with Gasteiger partial charge in [-0.3, -0.25) is 0 Å². The van der Waals surface area contributed by atoms with Crippen LogP contribution in [0.4, 0.5) is 0 Å². The van der Waals surface area contributed by atoms with Crippen molar-refractivity contribution >= 4 is 11.8 Å². The Labute approximate surface area is 129 Å². The zero-order chi connectivity index (χ0) is 14.4. The van der Waals surface area contributed by atoms with E-state index in [1.54, 1.807) is 0 Å². The van der Waals surface area contributed by atoms with Crippen molar-refractivity contribution in [3.8, 4) is 0 Å². The molecule has 0 aliphatic heterocycles. The molecule has 0 heterocycles. The fourth-order valence-electron chi connectivity index (χ4n) is 3.85. The molecule has 118 valence electrons. The number of likely N-dealkylation sites (N-methyl/N-ethyl adjacent to an activating group) is 1. The molecule has 0 aromatic rings. The minimum atomic E-state index is 0.294. The Bertz CT molecular complexity index is 268. The highest BCUT2D eigenvalue weighted by Gasteiger charge is 2.30. The van der Waals surface area contributed by atoms with Gasteiger partial charge in [0.1, 0.15) is 0 Å². The lowest BCUT2D eigenvalue weighted by atomic mass is 9.86. The van der Waals surface area contributed by atoms with Crippen molar-refractivity contribution in [1.29, 1.82) is 0 Å². The van der Waals surface area contributed by atoms with E-state index in [4.69, 9.17) is 5.11 Å². The highest BCUT2D eigenvalue weighted by atomic mass is 32.2. The first-order valence-corrected chi connectivity index (χ1v) is 9.68. The average molecular weight is 300 g/mol. The zero-order valence-corrected chi connectivity index (χ0v) is 14.2. The van der Waals surface area contributed by atoms with E-state index in [2.05, 4.69) is 30.6 Å². The van der Waals surface area contributed by atoms with Gasteiger partial charge in [0.25, 0.3) is 0 Å². The van der Waals surface area contributed by atoms with Crippen LogP contribution >= 0.6 is 11.8 Å². The van der Waals surface area contributed by atoms with Gasteiger partial charge in [-0.2, -0.15) is 11.8 Å². The Hall–Kier alpha value is 0.270. The van der Waals surface area contributed by atoms with Crippen LogP contribution in [0.15, 0.2) is 0 Å². The van der Waals surface area contributed by atoms with Gasteiger partial charge in [-0.15, -0.1) is 0 Å². The number of hydrogen-bond donors (Lipinski definition) is 1. The molecule has 3 unspecified atom stereocenters. The van der Waals surface area contributed by atoms with Gasteiger partial charge in [-0.25, -0.2) is 0 Å². The molecule has 2 aliphatic carbocycles. The molecule has 3 atom stereocenters. The van der Waals surface area contributed by atoms with Gasteiger partial charge in [0.15, 0.2) is 0 Å². The van der Waals surface area contributed by atoms with E-state index in [0.29, 0.717) is 12.6 Å².